The van der Waals surface area contributed by atoms with Gasteiger partial charge in [0.25, 0.3) is 0 Å². The highest BCUT2D eigenvalue weighted by molar-refractivity contribution is 5.14. The van der Waals surface area contributed by atoms with Gasteiger partial charge in [-0.2, -0.15) is 5.26 Å². The van der Waals surface area contributed by atoms with Crippen LogP contribution in [-0.4, -0.2) is 48.6 Å². The Balaban J connectivity index is 1.66. The minimum atomic E-state index is 0.126. The number of nitriles is 1. The number of nitrogens with zero attached hydrogens (tertiary/aromatic N) is 3. The highest BCUT2D eigenvalue weighted by Gasteiger charge is 2.22. The normalized spacial score (nSPS) is 18.3. The minimum absolute atomic E-state index is 0.126. The molecule has 0 radical (unpaired) electrons. The summed E-state index contributed by atoms with van der Waals surface area (Å²) in [5.74, 6) is 0. The standard InChI is InChI=1S/C18H27N3/c1-2-7-18(16-19)21-14-12-20(13-15-21)11-6-10-17-8-4-3-5-9-17/h3-5,8-9,18H,2,6-7,10-15H2,1H3. The fraction of sp³-hybridized carbons (Fsp3) is 0.611. The summed E-state index contributed by atoms with van der Waals surface area (Å²) in [5, 5.41) is 9.24. The third-order valence-electron chi connectivity index (χ3n) is 4.34. The lowest BCUT2D eigenvalue weighted by Crippen LogP contribution is -2.50. The molecule has 0 spiro atoms. The van der Waals surface area contributed by atoms with E-state index in [0.29, 0.717) is 0 Å². The molecule has 21 heavy (non-hydrogen) atoms. The highest BCUT2D eigenvalue weighted by Crippen LogP contribution is 2.11. The molecule has 1 aliphatic heterocycles. The molecule has 3 nitrogen and oxygen atoms in total. The van der Waals surface area contributed by atoms with E-state index < -0.39 is 0 Å². The van der Waals surface area contributed by atoms with E-state index in [0.717, 1.165) is 45.4 Å². The van der Waals surface area contributed by atoms with Crippen molar-refractivity contribution in [3.63, 3.8) is 0 Å². The van der Waals surface area contributed by atoms with Crippen molar-refractivity contribution in [2.45, 2.75) is 38.6 Å². The molecule has 1 aliphatic rings. The Kier molecular flexibility index (Phi) is 6.72. The maximum Gasteiger partial charge on any atom is 0.0978 e. The van der Waals surface area contributed by atoms with Crippen LogP contribution in [-0.2, 0) is 6.42 Å². The summed E-state index contributed by atoms with van der Waals surface area (Å²) in [6.07, 6.45) is 4.48. The van der Waals surface area contributed by atoms with E-state index in [4.69, 9.17) is 0 Å². The van der Waals surface area contributed by atoms with Crippen molar-refractivity contribution in [1.82, 2.24) is 9.80 Å². The molecule has 0 aromatic heterocycles. The molecule has 0 N–H and O–H groups in total. The highest BCUT2D eigenvalue weighted by atomic mass is 15.3. The van der Waals surface area contributed by atoms with Crippen molar-refractivity contribution in [2.75, 3.05) is 32.7 Å². The zero-order valence-electron chi connectivity index (χ0n) is 13.2. The summed E-state index contributed by atoms with van der Waals surface area (Å²) in [6.45, 7) is 7.64. The van der Waals surface area contributed by atoms with Gasteiger partial charge in [-0.3, -0.25) is 4.90 Å². The SMILES string of the molecule is CCCC(C#N)N1CCN(CCCc2ccccc2)CC1. The second-order valence-electron chi connectivity index (χ2n) is 5.90. The first-order chi connectivity index (χ1) is 10.3. The van der Waals surface area contributed by atoms with E-state index in [9.17, 15) is 5.26 Å². The van der Waals surface area contributed by atoms with Crippen LogP contribution in [0.15, 0.2) is 30.3 Å². The van der Waals surface area contributed by atoms with Crippen LogP contribution in [0.25, 0.3) is 0 Å². The fourth-order valence-electron chi connectivity index (χ4n) is 3.05. The van der Waals surface area contributed by atoms with Crippen LogP contribution in [0.2, 0.25) is 0 Å². The molecule has 0 bridgehead atoms. The van der Waals surface area contributed by atoms with E-state index in [1.807, 2.05) is 0 Å². The maximum absolute atomic E-state index is 9.24. The molecule has 1 atom stereocenters. The van der Waals surface area contributed by atoms with Crippen LogP contribution in [0.5, 0.6) is 0 Å². The largest absolute Gasteiger partial charge is 0.301 e. The second kappa shape index (κ2) is 8.81. The molecule has 0 aliphatic carbocycles. The van der Waals surface area contributed by atoms with E-state index in [1.165, 1.54) is 18.5 Å². The van der Waals surface area contributed by atoms with Crippen molar-refractivity contribution in [2.24, 2.45) is 0 Å². The van der Waals surface area contributed by atoms with Gasteiger partial charge in [-0.1, -0.05) is 43.7 Å². The van der Waals surface area contributed by atoms with Gasteiger partial charge in [-0.15, -0.1) is 0 Å². The number of hydrogen-bond donors (Lipinski definition) is 0. The van der Waals surface area contributed by atoms with Crippen LogP contribution in [0, 0.1) is 11.3 Å². The van der Waals surface area contributed by atoms with Gasteiger partial charge in [0, 0.05) is 26.2 Å². The maximum atomic E-state index is 9.24. The van der Waals surface area contributed by atoms with Crippen LogP contribution in [0.3, 0.4) is 0 Å². The van der Waals surface area contributed by atoms with Crippen molar-refractivity contribution < 1.29 is 0 Å². The monoisotopic (exact) mass is 285 g/mol. The Bertz CT molecular complexity index is 430. The number of aryl methyl sites for hydroxylation is 1. The average Bonchev–Trinajstić information content (AvgIpc) is 2.54. The Hall–Kier alpha value is -1.37. The molecule has 1 fully saturated rings. The zero-order valence-corrected chi connectivity index (χ0v) is 13.2. The van der Waals surface area contributed by atoms with Crippen molar-refractivity contribution in [3.8, 4) is 6.07 Å². The molecular weight excluding hydrogens is 258 g/mol. The number of hydrogen-bond acceptors (Lipinski definition) is 3. The molecule has 3 heteroatoms. The molecule has 114 valence electrons. The Labute approximate surface area is 129 Å². The number of piperazine rings is 1. The molecule has 1 unspecified atom stereocenters. The van der Waals surface area contributed by atoms with Gasteiger partial charge in [-0.25, -0.2) is 0 Å². The molecule has 1 aromatic rings. The summed E-state index contributed by atoms with van der Waals surface area (Å²) < 4.78 is 0. The average molecular weight is 285 g/mol. The number of rotatable bonds is 7. The van der Waals surface area contributed by atoms with Gasteiger partial charge in [0.1, 0.15) is 0 Å². The van der Waals surface area contributed by atoms with Gasteiger partial charge < -0.3 is 4.90 Å². The fourth-order valence-corrected chi connectivity index (χ4v) is 3.05. The Morgan fingerprint density at radius 3 is 2.48 bits per heavy atom. The topological polar surface area (TPSA) is 30.3 Å². The second-order valence-corrected chi connectivity index (χ2v) is 5.90. The molecule has 1 aromatic carbocycles. The summed E-state index contributed by atoms with van der Waals surface area (Å²) in [5.41, 5.74) is 1.43. The predicted octanol–water partition coefficient (Wildman–Crippen LogP) is 2.93. The number of benzene rings is 1. The van der Waals surface area contributed by atoms with Crippen molar-refractivity contribution >= 4 is 0 Å². The zero-order chi connectivity index (χ0) is 14.9. The molecule has 1 saturated heterocycles. The van der Waals surface area contributed by atoms with Crippen molar-refractivity contribution in [3.05, 3.63) is 35.9 Å². The van der Waals surface area contributed by atoms with Gasteiger partial charge >= 0.3 is 0 Å². The Morgan fingerprint density at radius 1 is 1.14 bits per heavy atom. The smallest absolute Gasteiger partial charge is 0.0978 e. The van der Waals surface area contributed by atoms with Gasteiger partial charge in [0.05, 0.1) is 12.1 Å². The van der Waals surface area contributed by atoms with E-state index in [2.05, 4.69) is 53.1 Å². The van der Waals surface area contributed by atoms with Crippen LogP contribution in [0.1, 0.15) is 31.7 Å². The van der Waals surface area contributed by atoms with Crippen LogP contribution < -0.4 is 0 Å². The van der Waals surface area contributed by atoms with Crippen LogP contribution in [0.4, 0.5) is 0 Å². The summed E-state index contributed by atoms with van der Waals surface area (Å²) >= 11 is 0. The first-order valence-electron chi connectivity index (χ1n) is 8.23. The summed E-state index contributed by atoms with van der Waals surface area (Å²) in [4.78, 5) is 4.90. The first-order valence-corrected chi connectivity index (χ1v) is 8.23. The molecule has 1 heterocycles. The van der Waals surface area contributed by atoms with Gasteiger partial charge in [-0.05, 0) is 31.4 Å². The lowest BCUT2D eigenvalue weighted by molar-refractivity contribution is 0.110. The minimum Gasteiger partial charge on any atom is -0.301 e. The predicted molar refractivity (Wildman–Crippen MR) is 87.1 cm³/mol. The lowest BCUT2D eigenvalue weighted by atomic mass is 10.1. The molecule has 0 saturated carbocycles. The van der Waals surface area contributed by atoms with Crippen LogP contribution >= 0.6 is 0 Å². The van der Waals surface area contributed by atoms with E-state index >= 15 is 0 Å². The quantitative estimate of drug-likeness (QED) is 0.771. The van der Waals surface area contributed by atoms with Gasteiger partial charge in [0.2, 0.25) is 0 Å². The third-order valence-corrected chi connectivity index (χ3v) is 4.34. The third kappa shape index (κ3) is 5.15. The van der Waals surface area contributed by atoms with Crippen molar-refractivity contribution in [1.29, 1.82) is 5.26 Å². The lowest BCUT2D eigenvalue weighted by Gasteiger charge is -2.36. The molecular formula is C18H27N3. The summed E-state index contributed by atoms with van der Waals surface area (Å²) in [7, 11) is 0. The van der Waals surface area contributed by atoms with E-state index in [-0.39, 0.29) is 6.04 Å². The van der Waals surface area contributed by atoms with Gasteiger partial charge in [0.15, 0.2) is 0 Å². The first kappa shape index (κ1) is 16.0. The molecule has 2 rings (SSSR count). The Morgan fingerprint density at radius 2 is 1.86 bits per heavy atom. The summed E-state index contributed by atoms with van der Waals surface area (Å²) in [6, 6.07) is 13.3. The molecule has 0 amide bonds. The van der Waals surface area contributed by atoms with E-state index in [1.54, 1.807) is 0 Å².